The van der Waals surface area contributed by atoms with E-state index in [1.165, 1.54) is 4.90 Å². The third kappa shape index (κ3) is 3.94. The molecule has 1 heterocycles. The third-order valence-corrected chi connectivity index (χ3v) is 5.04. The number of aliphatic carboxylic acids is 1. The fourth-order valence-electron chi connectivity index (χ4n) is 3.48. The Morgan fingerprint density at radius 2 is 2.04 bits per heavy atom. The van der Waals surface area contributed by atoms with Crippen molar-refractivity contribution in [3.63, 3.8) is 0 Å². The molecule has 27 heavy (non-hydrogen) atoms. The molecule has 1 aromatic heterocycles. The second kappa shape index (κ2) is 7.77. The van der Waals surface area contributed by atoms with E-state index in [0.29, 0.717) is 35.9 Å². The average molecular weight is 373 g/mol. The van der Waals surface area contributed by atoms with Crippen LogP contribution in [0.3, 0.4) is 0 Å². The SMILES string of the molecule is Cc1nc(COc2cccc(C(=O)N(C)C3(C(=O)O)CCCCC3)c2)no1. The largest absolute Gasteiger partial charge is 0.485 e. The molecule has 3 rings (SSSR count). The second-order valence-electron chi connectivity index (χ2n) is 6.81. The van der Waals surface area contributed by atoms with Gasteiger partial charge in [-0.25, -0.2) is 4.79 Å². The number of likely N-dealkylation sites (N-methyl/N-ethyl adjacent to an activating group) is 1. The molecule has 0 radical (unpaired) electrons. The number of carboxylic acid groups (broad SMARTS) is 1. The molecule has 8 nitrogen and oxygen atoms in total. The number of ether oxygens (including phenoxy) is 1. The summed E-state index contributed by atoms with van der Waals surface area (Å²) in [5.41, 5.74) is -0.764. The van der Waals surface area contributed by atoms with E-state index in [0.717, 1.165) is 19.3 Å². The summed E-state index contributed by atoms with van der Waals surface area (Å²) in [7, 11) is 1.57. The minimum atomic E-state index is -1.14. The van der Waals surface area contributed by atoms with Crippen molar-refractivity contribution in [2.75, 3.05) is 7.05 Å². The zero-order valence-corrected chi connectivity index (χ0v) is 15.5. The van der Waals surface area contributed by atoms with Gasteiger partial charge in [0.25, 0.3) is 5.91 Å². The Morgan fingerprint density at radius 3 is 2.67 bits per heavy atom. The highest BCUT2D eigenvalue weighted by molar-refractivity contribution is 5.98. The van der Waals surface area contributed by atoms with Crippen molar-refractivity contribution in [2.24, 2.45) is 0 Å². The maximum Gasteiger partial charge on any atom is 0.329 e. The van der Waals surface area contributed by atoms with Gasteiger partial charge in [0.05, 0.1) is 0 Å². The predicted octanol–water partition coefficient (Wildman–Crippen LogP) is 2.82. The van der Waals surface area contributed by atoms with Gasteiger partial charge in [-0.05, 0) is 31.0 Å². The van der Waals surface area contributed by atoms with Gasteiger partial charge >= 0.3 is 5.97 Å². The Kier molecular flexibility index (Phi) is 5.43. The second-order valence-corrected chi connectivity index (χ2v) is 6.81. The molecule has 1 N–H and O–H groups in total. The summed E-state index contributed by atoms with van der Waals surface area (Å²) >= 11 is 0. The van der Waals surface area contributed by atoms with Crippen LogP contribution in [-0.4, -0.2) is 44.6 Å². The summed E-state index contributed by atoms with van der Waals surface area (Å²) < 4.78 is 10.5. The van der Waals surface area contributed by atoms with Gasteiger partial charge in [0.1, 0.15) is 11.3 Å². The van der Waals surface area contributed by atoms with Crippen molar-refractivity contribution in [3.05, 3.63) is 41.5 Å². The molecule has 144 valence electrons. The molecule has 1 fully saturated rings. The molecule has 1 aromatic carbocycles. The molecule has 1 amide bonds. The number of carboxylic acids is 1. The van der Waals surface area contributed by atoms with Crippen molar-refractivity contribution in [2.45, 2.75) is 51.2 Å². The topological polar surface area (TPSA) is 106 Å². The van der Waals surface area contributed by atoms with Crippen LogP contribution in [-0.2, 0) is 11.4 Å². The first kappa shape index (κ1) is 18.9. The molecule has 0 atom stereocenters. The Hall–Kier alpha value is -2.90. The Balaban J connectivity index is 1.74. The van der Waals surface area contributed by atoms with Crippen molar-refractivity contribution in [1.29, 1.82) is 0 Å². The number of carbonyl (C=O) groups is 2. The normalized spacial score (nSPS) is 15.9. The summed E-state index contributed by atoms with van der Waals surface area (Å²) in [6.45, 7) is 1.80. The molecule has 0 saturated heterocycles. The fraction of sp³-hybridized carbons (Fsp3) is 0.474. The number of nitrogens with zero attached hydrogens (tertiary/aromatic N) is 3. The third-order valence-electron chi connectivity index (χ3n) is 5.04. The molecule has 0 bridgehead atoms. The van der Waals surface area contributed by atoms with E-state index < -0.39 is 11.5 Å². The number of hydrogen-bond acceptors (Lipinski definition) is 6. The monoisotopic (exact) mass is 373 g/mol. The fourth-order valence-corrected chi connectivity index (χ4v) is 3.48. The van der Waals surface area contributed by atoms with E-state index in [4.69, 9.17) is 9.26 Å². The highest BCUT2D eigenvalue weighted by atomic mass is 16.5. The lowest BCUT2D eigenvalue weighted by atomic mass is 9.80. The van der Waals surface area contributed by atoms with Gasteiger partial charge in [0.15, 0.2) is 6.61 Å². The lowest BCUT2D eigenvalue weighted by Gasteiger charge is -2.41. The van der Waals surface area contributed by atoms with Crippen LogP contribution in [0, 0.1) is 6.92 Å². The number of benzene rings is 1. The highest BCUT2D eigenvalue weighted by Gasteiger charge is 2.45. The first-order chi connectivity index (χ1) is 12.9. The Bertz CT molecular complexity index is 826. The zero-order valence-electron chi connectivity index (χ0n) is 15.5. The lowest BCUT2D eigenvalue weighted by Crippen LogP contribution is -2.56. The molecule has 1 aliphatic rings. The van der Waals surface area contributed by atoms with Crippen molar-refractivity contribution in [3.8, 4) is 5.75 Å². The van der Waals surface area contributed by atoms with Crippen molar-refractivity contribution >= 4 is 11.9 Å². The number of carbonyl (C=O) groups excluding carboxylic acids is 1. The van der Waals surface area contributed by atoms with E-state index in [1.54, 1.807) is 38.2 Å². The summed E-state index contributed by atoms with van der Waals surface area (Å²) in [5, 5.41) is 13.5. The number of aromatic nitrogens is 2. The van der Waals surface area contributed by atoms with Crippen LogP contribution >= 0.6 is 0 Å². The quantitative estimate of drug-likeness (QED) is 0.830. The van der Waals surface area contributed by atoms with Crippen molar-refractivity contribution in [1.82, 2.24) is 15.0 Å². The number of amides is 1. The van der Waals surface area contributed by atoms with E-state index in [2.05, 4.69) is 10.1 Å². The standard InChI is InChI=1S/C19H23N3O5/c1-13-20-16(21-27-13)12-26-15-8-6-7-14(11-15)17(23)22(2)19(18(24)25)9-4-3-5-10-19/h6-8,11H,3-5,9-10,12H2,1-2H3,(H,24,25). The van der Waals surface area contributed by atoms with Crippen LogP contribution in [0.5, 0.6) is 5.75 Å². The molecule has 0 unspecified atom stereocenters. The summed E-state index contributed by atoms with van der Waals surface area (Å²) in [6, 6.07) is 6.68. The number of aryl methyl sites for hydroxylation is 1. The summed E-state index contributed by atoms with van der Waals surface area (Å²) in [6.07, 6.45) is 3.54. The molecule has 0 aliphatic heterocycles. The number of rotatable bonds is 6. The van der Waals surface area contributed by atoms with Gasteiger partial charge in [0.2, 0.25) is 11.7 Å². The maximum atomic E-state index is 13.0. The maximum absolute atomic E-state index is 13.0. The molecule has 8 heteroatoms. The molecular formula is C19H23N3O5. The first-order valence-electron chi connectivity index (χ1n) is 8.96. The highest BCUT2D eigenvalue weighted by Crippen LogP contribution is 2.34. The molecule has 2 aromatic rings. The van der Waals surface area contributed by atoms with Crippen LogP contribution in [0.15, 0.2) is 28.8 Å². The Labute approximate surface area is 157 Å². The summed E-state index contributed by atoms with van der Waals surface area (Å²) in [5.74, 6) is 0.0572. The van der Waals surface area contributed by atoms with E-state index in [1.807, 2.05) is 0 Å². The van der Waals surface area contributed by atoms with Crippen LogP contribution in [0.25, 0.3) is 0 Å². The summed E-state index contributed by atoms with van der Waals surface area (Å²) in [4.78, 5) is 30.3. The molecular weight excluding hydrogens is 350 g/mol. The minimum absolute atomic E-state index is 0.115. The minimum Gasteiger partial charge on any atom is -0.485 e. The molecule has 1 aliphatic carbocycles. The van der Waals surface area contributed by atoms with Gasteiger partial charge in [-0.3, -0.25) is 4.79 Å². The zero-order chi connectivity index (χ0) is 19.4. The molecule has 0 spiro atoms. The van der Waals surface area contributed by atoms with E-state index >= 15 is 0 Å². The van der Waals surface area contributed by atoms with Crippen LogP contribution in [0.4, 0.5) is 0 Å². The van der Waals surface area contributed by atoms with E-state index in [9.17, 15) is 14.7 Å². The van der Waals surface area contributed by atoms with Crippen molar-refractivity contribution < 1.29 is 24.0 Å². The van der Waals surface area contributed by atoms with Crippen LogP contribution in [0.2, 0.25) is 0 Å². The van der Waals surface area contributed by atoms with Gasteiger partial charge in [-0.1, -0.05) is 30.5 Å². The van der Waals surface area contributed by atoms with Gasteiger partial charge in [-0.2, -0.15) is 4.98 Å². The first-order valence-corrected chi connectivity index (χ1v) is 8.96. The molecule has 1 saturated carbocycles. The Morgan fingerprint density at radius 1 is 1.30 bits per heavy atom. The van der Waals surface area contributed by atoms with Gasteiger partial charge in [-0.15, -0.1) is 0 Å². The smallest absolute Gasteiger partial charge is 0.329 e. The predicted molar refractivity (Wildman–Crippen MR) is 95.4 cm³/mol. The van der Waals surface area contributed by atoms with Crippen LogP contribution < -0.4 is 4.74 Å². The van der Waals surface area contributed by atoms with Crippen LogP contribution in [0.1, 0.15) is 54.2 Å². The number of hydrogen-bond donors (Lipinski definition) is 1. The van der Waals surface area contributed by atoms with Gasteiger partial charge < -0.3 is 19.3 Å². The lowest BCUT2D eigenvalue weighted by molar-refractivity contribution is -0.151. The van der Waals surface area contributed by atoms with Gasteiger partial charge in [0, 0.05) is 19.5 Å². The average Bonchev–Trinajstić information content (AvgIpc) is 3.11. The van der Waals surface area contributed by atoms with E-state index in [-0.39, 0.29) is 12.5 Å².